The van der Waals surface area contributed by atoms with Gasteiger partial charge in [-0.25, -0.2) is 0 Å². The number of amides is 1. The maximum Gasteiger partial charge on any atom is 0.239 e. The lowest BCUT2D eigenvalue weighted by Gasteiger charge is -2.42. The molecule has 120 valence electrons. The molecular weight excluding hydrogens is 264 g/mol. The Balaban J connectivity index is 1.83. The van der Waals surface area contributed by atoms with Crippen LogP contribution in [0.4, 0.5) is 0 Å². The van der Waals surface area contributed by atoms with Crippen molar-refractivity contribution >= 4 is 11.9 Å². The van der Waals surface area contributed by atoms with Gasteiger partial charge in [-0.15, -0.1) is 0 Å². The molecule has 2 aliphatic rings. The van der Waals surface area contributed by atoms with Crippen molar-refractivity contribution in [2.45, 2.75) is 58.4 Å². The number of guanidine groups is 1. The normalized spacial score (nSPS) is 26.6. The molecule has 5 heteroatoms. The molecule has 1 atom stereocenters. The van der Waals surface area contributed by atoms with E-state index in [9.17, 15) is 4.79 Å². The van der Waals surface area contributed by atoms with Crippen LogP contribution in [0.2, 0.25) is 0 Å². The minimum absolute atomic E-state index is 0.0759. The van der Waals surface area contributed by atoms with Crippen LogP contribution in [0, 0.1) is 5.41 Å². The molecule has 0 bridgehead atoms. The van der Waals surface area contributed by atoms with Crippen molar-refractivity contribution in [3.05, 3.63) is 0 Å². The highest BCUT2D eigenvalue weighted by Crippen LogP contribution is 2.33. The van der Waals surface area contributed by atoms with Gasteiger partial charge in [-0.05, 0) is 37.5 Å². The fourth-order valence-electron chi connectivity index (χ4n) is 3.30. The first-order valence-corrected chi connectivity index (χ1v) is 8.31. The number of aliphatic imine (C=N–C) groups is 1. The number of piperidine rings is 1. The van der Waals surface area contributed by atoms with E-state index in [1.165, 1.54) is 25.7 Å². The molecule has 0 radical (unpaired) electrons. The van der Waals surface area contributed by atoms with Crippen molar-refractivity contribution in [1.29, 1.82) is 0 Å². The highest BCUT2D eigenvalue weighted by molar-refractivity contribution is 5.86. The highest BCUT2D eigenvalue weighted by Gasteiger charge is 2.31. The highest BCUT2D eigenvalue weighted by atomic mass is 16.2. The molecule has 1 saturated carbocycles. The predicted molar refractivity (Wildman–Crippen MR) is 86.3 cm³/mol. The van der Waals surface area contributed by atoms with E-state index in [2.05, 4.69) is 34.4 Å². The second kappa shape index (κ2) is 7.14. The Morgan fingerprint density at radius 1 is 1.43 bits per heavy atom. The molecule has 1 amide bonds. The Kier molecular flexibility index (Phi) is 5.48. The smallest absolute Gasteiger partial charge is 0.239 e. The predicted octanol–water partition coefficient (Wildman–Crippen LogP) is 1.74. The summed E-state index contributed by atoms with van der Waals surface area (Å²) in [6.45, 7) is 7.01. The molecule has 1 saturated heterocycles. The van der Waals surface area contributed by atoms with Gasteiger partial charge in [-0.3, -0.25) is 9.79 Å². The Morgan fingerprint density at radius 2 is 2.19 bits per heavy atom. The first-order chi connectivity index (χ1) is 10.1. The molecule has 0 spiro atoms. The number of nitrogens with zero attached hydrogens (tertiary/aromatic N) is 2. The summed E-state index contributed by atoms with van der Waals surface area (Å²) in [5.74, 6) is 0.940. The molecule has 2 fully saturated rings. The monoisotopic (exact) mass is 294 g/mol. The summed E-state index contributed by atoms with van der Waals surface area (Å²) in [7, 11) is 1.80. The van der Waals surface area contributed by atoms with Crippen molar-refractivity contribution in [2.75, 3.05) is 26.7 Å². The van der Waals surface area contributed by atoms with Crippen molar-refractivity contribution in [1.82, 2.24) is 15.5 Å². The summed E-state index contributed by atoms with van der Waals surface area (Å²) in [6, 6.07) is 0.421. The second-order valence-electron chi connectivity index (χ2n) is 6.83. The van der Waals surface area contributed by atoms with Crippen LogP contribution in [0.25, 0.3) is 0 Å². The van der Waals surface area contributed by atoms with Crippen LogP contribution >= 0.6 is 0 Å². The quantitative estimate of drug-likeness (QED) is 0.600. The van der Waals surface area contributed by atoms with Gasteiger partial charge in [0.2, 0.25) is 5.91 Å². The molecule has 0 aromatic carbocycles. The van der Waals surface area contributed by atoms with Gasteiger partial charge >= 0.3 is 0 Å². The Morgan fingerprint density at radius 3 is 2.81 bits per heavy atom. The Hall–Kier alpha value is -1.26. The lowest BCUT2D eigenvalue weighted by Crippen LogP contribution is -2.51. The van der Waals surface area contributed by atoms with Crippen LogP contribution in [-0.2, 0) is 4.79 Å². The molecule has 1 aliphatic carbocycles. The van der Waals surface area contributed by atoms with E-state index < -0.39 is 0 Å². The third-order valence-electron chi connectivity index (χ3n) is 4.50. The topological polar surface area (TPSA) is 56.7 Å². The zero-order chi connectivity index (χ0) is 15.3. The molecule has 2 rings (SSSR count). The number of likely N-dealkylation sites (tertiary alicyclic amines) is 1. The van der Waals surface area contributed by atoms with Crippen LogP contribution in [0.5, 0.6) is 0 Å². The van der Waals surface area contributed by atoms with Crippen molar-refractivity contribution in [3.63, 3.8) is 0 Å². The number of nitrogens with one attached hydrogen (secondary N) is 2. The summed E-state index contributed by atoms with van der Waals surface area (Å²) in [4.78, 5) is 18.4. The Bertz CT molecular complexity index is 388. The standard InChI is InChI=1S/C16H30N4O/c1-4-8-16(2)9-5-10-20(12-16)15(17-3)18-11-14(21)19-13-6-7-13/h13H,4-12H2,1-3H3,(H,17,18)(H,19,21). The average Bonchev–Trinajstić information content (AvgIpc) is 3.23. The molecule has 1 heterocycles. The number of carbonyl (C=O) groups is 1. The minimum atomic E-state index is 0.0759. The zero-order valence-corrected chi connectivity index (χ0v) is 13.7. The number of rotatable bonds is 5. The second-order valence-corrected chi connectivity index (χ2v) is 6.83. The van der Waals surface area contributed by atoms with Crippen LogP contribution in [-0.4, -0.2) is 49.5 Å². The largest absolute Gasteiger partial charge is 0.352 e. The van der Waals surface area contributed by atoms with Crippen molar-refractivity contribution in [2.24, 2.45) is 10.4 Å². The van der Waals surface area contributed by atoms with E-state index >= 15 is 0 Å². The summed E-state index contributed by atoms with van der Waals surface area (Å²) in [5.41, 5.74) is 0.376. The summed E-state index contributed by atoms with van der Waals surface area (Å²) in [6.07, 6.45) is 7.22. The molecule has 1 aliphatic heterocycles. The fourth-order valence-corrected chi connectivity index (χ4v) is 3.30. The number of hydrogen-bond donors (Lipinski definition) is 2. The molecule has 5 nitrogen and oxygen atoms in total. The van der Waals surface area contributed by atoms with E-state index in [0.717, 1.165) is 31.9 Å². The van der Waals surface area contributed by atoms with Gasteiger partial charge in [0.15, 0.2) is 5.96 Å². The maximum atomic E-state index is 11.8. The lowest BCUT2D eigenvalue weighted by molar-refractivity contribution is -0.120. The van der Waals surface area contributed by atoms with E-state index in [1.54, 1.807) is 7.05 Å². The molecule has 0 aromatic rings. The summed E-state index contributed by atoms with van der Waals surface area (Å²) in [5, 5.41) is 6.21. The SMILES string of the molecule is CCCC1(C)CCCN(C(=NC)NCC(=O)NC2CC2)C1. The van der Waals surface area contributed by atoms with Gasteiger partial charge in [0, 0.05) is 26.2 Å². The molecule has 0 aromatic heterocycles. The molecule has 1 unspecified atom stereocenters. The maximum absolute atomic E-state index is 11.8. The third-order valence-corrected chi connectivity index (χ3v) is 4.50. The first kappa shape index (κ1) is 16.1. The van der Waals surface area contributed by atoms with Crippen molar-refractivity contribution < 1.29 is 4.79 Å². The zero-order valence-electron chi connectivity index (χ0n) is 13.7. The van der Waals surface area contributed by atoms with E-state index in [-0.39, 0.29) is 5.91 Å². The molecular formula is C16H30N4O. The molecule has 2 N–H and O–H groups in total. The van der Waals surface area contributed by atoms with E-state index in [0.29, 0.717) is 18.0 Å². The fraction of sp³-hybridized carbons (Fsp3) is 0.875. The van der Waals surface area contributed by atoms with Gasteiger partial charge in [-0.2, -0.15) is 0 Å². The first-order valence-electron chi connectivity index (χ1n) is 8.31. The summed E-state index contributed by atoms with van der Waals surface area (Å²) < 4.78 is 0. The average molecular weight is 294 g/mol. The number of carbonyl (C=O) groups excluding carboxylic acids is 1. The van der Waals surface area contributed by atoms with Crippen LogP contribution < -0.4 is 10.6 Å². The third kappa shape index (κ3) is 4.90. The van der Waals surface area contributed by atoms with Gasteiger partial charge in [-0.1, -0.05) is 20.3 Å². The molecule has 21 heavy (non-hydrogen) atoms. The number of hydrogen-bond acceptors (Lipinski definition) is 2. The van der Waals surface area contributed by atoms with Gasteiger partial charge in [0.25, 0.3) is 0 Å². The van der Waals surface area contributed by atoms with Gasteiger partial charge in [0.1, 0.15) is 0 Å². The van der Waals surface area contributed by atoms with E-state index in [4.69, 9.17) is 0 Å². The summed E-state index contributed by atoms with van der Waals surface area (Å²) >= 11 is 0. The van der Waals surface area contributed by atoms with Crippen molar-refractivity contribution in [3.8, 4) is 0 Å². The van der Waals surface area contributed by atoms with Gasteiger partial charge < -0.3 is 15.5 Å². The van der Waals surface area contributed by atoms with Gasteiger partial charge in [0.05, 0.1) is 6.54 Å². The lowest BCUT2D eigenvalue weighted by atomic mass is 9.78. The van der Waals surface area contributed by atoms with E-state index in [1.807, 2.05) is 0 Å². The Labute approximate surface area is 128 Å². The van der Waals surface area contributed by atoms with Crippen LogP contribution in [0.15, 0.2) is 4.99 Å². The van der Waals surface area contributed by atoms with Crippen LogP contribution in [0.1, 0.15) is 52.4 Å². The minimum Gasteiger partial charge on any atom is -0.352 e. The van der Waals surface area contributed by atoms with Crippen LogP contribution in [0.3, 0.4) is 0 Å².